The monoisotopic (exact) mass is 381 g/mol. The first-order valence-electron chi connectivity index (χ1n) is 8.44. The Bertz CT molecular complexity index is 674. The van der Waals surface area contributed by atoms with Crippen molar-refractivity contribution in [2.75, 3.05) is 20.2 Å². The van der Waals surface area contributed by atoms with E-state index in [0.29, 0.717) is 5.06 Å². The highest BCUT2D eigenvalue weighted by Crippen LogP contribution is 2.44. The van der Waals surface area contributed by atoms with Crippen molar-refractivity contribution in [3.05, 3.63) is 12.2 Å². The second kappa shape index (κ2) is 7.45. The average Bonchev–Trinajstić information content (AvgIpc) is 3.40. The molecular weight excluding hydrogens is 362 g/mol. The van der Waals surface area contributed by atoms with Crippen LogP contribution in [0.15, 0.2) is 12.2 Å². The number of carbonyl (C=O) groups excluding carboxylic acids is 5. The highest BCUT2D eigenvalue weighted by atomic mass is 16.8. The molecule has 2 N–H and O–H groups in total. The molecule has 2 bridgehead atoms. The normalized spacial score (nSPS) is 30.6. The molecule has 0 saturated carbocycles. The first kappa shape index (κ1) is 19.0. The van der Waals surface area contributed by atoms with Gasteiger partial charge in [0.05, 0.1) is 30.6 Å². The fourth-order valence-corrected chi connectivity index (χ4v) is 3.56. The summed E-state index contributed by atoms with van der Waals surface area (Å²) in [5, 5.41) is 0.361. The molecule has 0 radical (unpaired) electrons. The van der Waals surface area contributed by atoms with E-state index in [1.54, 1.807) is 12.2 Å². The number of ether oxygens (including phenoxy) is 2. The molecule has 4 rings (SSSR count). The molecule has 146 valence electrons. The van der Waals surface area contributed by atoms with Crippen LogP contribution in [0.2, 0.25) is 0 Å². The average molecular weight is 381 g/mol. The lowest BCUT2D eigenvalue weighted by Gasteiger charge is -2.17. The number of hydroxylamine groups is 2. The maximum atomic E-state index is 12.3. The molecule has 0 aromatic heterocycles. The summed E-state index contributed by atoms with van der Waals surface area (Å²) in [6.45, 7) is -0.420. The number of nitrogens with zero attached hydrogens (tertiary/aromatic N) is 2. The lowest BCUT2D eigenvalue weighted by molar-refractivity contribution is -0.177. The van der Waals surface area contributed by atoms with Gasteiger partial charge in [0, 0.05) is 12.8 Å². The summed E-state index contributed by atoms with van der Waals surface area (Å²) in [4.78, 5) is 64.5. The number of carbonyl (C=O) groups is 5. The Hall–Kier alpha value is -2.79. The molecule has 4 unspecified atom stereocenters. The molecular formula is C16H19N3O8. The third-order valence-corrected chi connectivity index (χ3v) is 4.71. The van der Waals surface area contributed by atoms with Gasteiger partial charge in [0.2, 0.25) is 11.8 Å². The van der Waals surface area contributed by atoms with Crippen molar-refractivity contribution in [1.29, 1.82) is 0 Å². The summed E-state index contributed by atoms with van der Waals surface area (Å²) in [7, 11) is 1.50. The van der Waals surface area contributed by atoms with Gasteiger partial charge in [-0.1, -0.05) is 17.2 Å². The van der Waals surface area contributed by atoms with Gasteiger partial charge in [-0.05, 0) is 7.05 Å². The first-order valence-corrected chi connectivity index (χ1v) is 8.44. The van der Waals surface area contributed by atoms with Crippen molar-refractivity contribution in [3.8, 4) is 0 Å². The predicted molar refractivity (Wildman–Crippen MR) is 85.1 cm³/mol. The van der Waals surface area contributed by atoms with Crippen molar-refractivity contribution >= 4 is 29.8 Å². The van der Waals surface area contributed by atoms with E-state index in [9.17, 15) is 24.0 Å². The van der Waals surface area contributed by atoms with Gasteiger partial charge in [0.15, 0.2) is 0 Å². The van der Waals surface area contributed by atoms with Crippen LogP contribution < -0.4 is 5.73 Å². The molecule has 0 spiro atoms. The lowest BCUT2D eigenvalue weighted by atomic mass is 9.85. The number of hydrogen-bond acceptors (Lipinski definition) is 9. The smallest absolute Gasteiger partial charge is 0.431 e. The zero-order valence-electron chi connectivity index (χ0n) is 14.5. The fourth-order valence-electron chi connectivity index (χ4n) is 3.56. The Morgan fingerprint density at radius 1 is 1.07 bits per heavy atom. The Balaban J connectivity index is 0.00000102. The van der Waals surface area contributed by atoms with Crippen LogP contribution in [0.3, 0.4) is 0 Å². The van der Waals surface area contributed by atoms with Crippen molar-refractivity contribution in [2.45, 2.75) is 25.0 Å². The van der Waals surface area contributed by atoms with E-state index in [1.165, 1.54) is 7.05 Å². The van der Waals surface area contributed by atoms with Crippen LogP contribution in [0.4, 0.5) is 4.79 Å². The van der Waals surface area contributed by atoms with Gasteiger partial charge in [-0.15, -0.1) is 0 Å². The van der Waals surface area contributed by atoms with E-state index in [-0.39, 0.29) is 50.0 Å². The standard InChI is InChI=1S/C15H14N2O8.CH5N/c18-9-3-4-10(19)17(9)25-15(22)23-6-5-16-13(20)11-7-1-2-8(24-7)12(11)14(16)21;1-2/h1-2,7-8,11-12H,3-6H2;2H2,1H3. The van der Waals surface area contributed by atoms with Crippen molar-refractivity contribution in [1.82, 2.24) is 9.96 Å². The number of hydrogen-bond donors (Lipinski definition) is 1. The zero-order chi connectivity index (χ0) is 19.7. The van der Waals surface area contributed by atoms with Gasteiger partial charge < -0.3 is 15.2 Å². The van der Waals surface area contributed by atoms with Crippen LogP contribution in [0.5, 0.6) is 0 Å². The summed E-state index contributed by atoms with van der Waals surface area (Å²) < 4.78 is 10.3. The van der Waals surface area contributed by atoms with E-state index in [0.717, 1.165) is 4.90 Å². The molecule has 11 heteroatoms. The highest BCUT2D eigenvalue weighted by molar-refractivity contribution is 6.06. The van der Waals surface area contributed by atoms with E-state index in [4.69, 9.17) is 9.47 Å². The molecule has 4 heterocycles. The summed E-state index contributed by atoms with van der Waals surface area (Å²) in [6.07, 6.45) is 1.50. The van der Waals surface area contributed by atoms with Gasteiger partial charge in [-0.2, -0.15) is 0 Å². The van der Waals surface area contributed by atoms with Crippen LogP contribution in [-0.2, 0) is 33.5 Å². The third-order valence-electron chi connectivity index (χ3n) is 4.71. The van der Waals surface area contributed by atoms with Crippen LogP contribution in [0, 0.1) is 11.8 Å². The van der Waals surface area contributed by atoms with Gasteiger partial charge in [0.25, 0.3) is 11.8 Å². The molecule has 0 aromatic carbocycles. The van der Waals surface area contributed by atoms with Gasteiger partial charge in [0.1, 0.15) is 6.61 Å². The number of imide groups is 2. The second-order valence-corrected chi connectivity index (χ2v) is 6.10. The van der Waals surface area contributed by atoms with Gasteiger partial charge >= 0.3 is 6.16 Å². The summed E-state index contributed by atoms with van der Waals surface area (Å²) in [6, 6.07) is 0. The third kappa shape index (κ3) is 3.19. The minimum Gasteiger partial charge on any atom is -0.431 e. The summed E-state index contributed by atoms with van der Waals surface area (Å²) in [5.74, 6) is -2.99. The Kier molecular flexibility index (Phi) is 5.24. The first-order chi connectivity index (χ1) is 13.0. The fraction of sp³-hybridized carbons (Fsp3) is 0.562. The van der Waals surface area contributed by atoms with Gasteiger partial charge in [-0.3, -0.25) is 28.9 Å². The second-order valence-electron chi connectivity index (χ2n) is 6.10. The SMILES string of the molecule is CN.O=C(OCCN1C(=O)C2C3C=CC(O3)C2C1=O)ON1C(=O)CCC1=O. The maximum Gasteiger partial charge on any atom is 0.534 e. The zero-order valence-corrected chi connectivity index (χ0v) is 14.5. The number of amides is 4. The molecule has 4 amide bonds. The molecule has 11 nitrogen and oxygen atoms in total. The molecule has 3 fully saturated rings. The van der Waals surface area contributed by atoms with Crippen LogP contribution in [0.25, 0.3) is 0 Å². The Labute approximate surface area is 153 Å². The van der Waals surface area contributed by atoms with Crippen LogP contribution >= 0.6 is 0 Å². The lowest BCUT2D eigenvalue weighted by Crippen LogP contribution is -2.38. The molecule has 0 aliphatic carbocycles. The van der Waals surface area contributed by atoms with Gasteiger partial charge in [-0.25, -0.2) is 4.79 Å². The predicted octanol–water partition coefficient (Wildman–Crippen LogP) is -1.28. The quantitative estimate of drug-likeness (QED) is 0.357. The maximum absolute atomic E-state index is 12.3. The Morgan fingerprint density at radius 2 is 1.59 bits per heavy atom. The minimum absolute atomic E-state index is 0.0237. The van der Waals surface area contributed by atoms with Crippen molar-refractivity contribution in [3.63, 3.8) is 0 Å². The molecule has 27 heavy (non-hydrogen) atoms. The number of fused-ring (bicyclic) bond motifs is 5. The Morgan fingerprint density at radius 3 is 2.11 bits per heavy atom. The molecule has 4 aliphatic rings. The van der Waals surface area contributed by atoms with E-state index < -0.39 is 29.8 Å². The van der Waals surface area contributed by atoms with E-state index in [2.05, 4.69) is 10.6 Å². The number of nitrogens with two attached hydrogens (primary N) is 1. The minimum atomic E-state index is -1.24. The van der Waals surface area contributed by atoms with E-state index >= 15 is 0 Å². The highest BCUT2D eigenvalue weighted by Gasteiger charge is 2.60. The molecule has 4 atom stereocenters. The van der Waals surface area contributed by atoms with Crippen LogP contribution in [0.1, 0.15) is 12.8 Å². The number of likely N-dealkylation sites (tertiary alicyclic amines) is 1. The molecule has 0 aromatic rings. The number of rotatable bonds is 4. The summed E-state index contributed by atoms with van der Waals surface area (Å²) >= 11 is 0. The van der Waals surface area contributed by atoms with Crippen molar-refractivity contribution < 1.29 is 38.3 Å². The topological polar surface area (TPSA) is 146 Å². The molecule has 4 aliphatic heterocycles. The van der Waals surface area contributed by atoms with E-state index in [1.807, 2.05) is 0 Å². The van der Waals surface area contributed by atoms with Crippen molar-refractivity contribution in [2.24, 2.45) is 17.6 Å². The largest absolute Gasteiger partial charge is 0.534 e. The molecule has 3 saturated heterocycles. The summed E-state index contributed by atoms with van der Waals surface area (Å²) in [5.41, 5.74) is 4.50. The van der Waals surface area contributed by atoms with Crippen LogP contribution in [-0.4, -0.2) is 72.2 Å².